The number of hydrogen-bond donors (Lipinski definition) is 3. The second-order valence-electron chi connectivity index (χ2n) is 4.77. The molecule has 7 nitrogen and oxygen atoms in total. The highest BCUT2D eigenvalue weighted by Crippen LogP contribution is 2.17. The summed E-state index contributed by atoms with van der Waals surface area (Å²) in [4.78, 5) is 22.4. The van der Waals surface area contributed by atoms with Crippen LogP contribution in [-0.2, 0) is 14.8 Å². The fourth-order valence-electron chi connectivity index (χ4n) is 1.73. The van der Waals surface area contributed by atoms with Crippen molar-refractivity contribution >= 4 is 27.5 Å². The number of halogens is 1. The van der Waals surface area contributed by atoms with Crippen molar-refractivity contribution in [2.24, 2.45) is 0 Å². The van der Waals surface area contributed by atoms with Gasteiger partial charge < -0.3 is 0 Å². The highest BCUT2D eigenvalue weighted by atomic mass is 32.2. The summed E-state index contributed by atoms with van der Waals surface area (Å²) in [6, 6.07) is 9.95. The van der Waals surface area contributed by atoms with Gasteiger partial charge in [0.2, 0.25) is 5.91 Å². The smallest absolute Gasteiger partial charge is 0.269 e. The molecule has 126 valence electrons. The minimum atomic E-state index is -3.87. The van der Waals surface area contributed by atoms with E-state index in [1.165, 1.54) is 43.3 Å². The molecule has 0 aromatic heterocycles. The first kappa shape index (κ1) is 17.4. The molecule has 2 aromatic rings. The minimum Gasteiger partial charge on any atom is -0.280 e. The van der Waals surface area contributed by atoms with E-state index >= 15 is 0 Å². The van der Waals surface area contributed by atoms with Crippen molar-refractivity contribution in [1.82, 2.24) is 10.9 Å². The molecule has 0 heterocycles. The lowest BCUT2D eigenvalue weighted by Crippen LogP contribution is -2.40. The number of rotatable bonds is 4. The highest BCUT2D eigenvalue weighted by Gasteiger charge is 2.15. The number of carbonyl (C=O) groups excluding carboxylic acids is 2. The average Bonchev–Trinajstić information content (AvgIpc) is 2.54. The lowest BCUT2D eigenvalue weighted by Gasteiger charge is -2.09. The van der Waals surface area contributed by atoms with Crippen molar-refractivity contribution in [3.8, 4) is 0 Å². The summed E-state index contributed by atoms with van der Waals surface area (Å²) in [5.74, 6) is -1.50. The van der Waals surface area contributed by atoms with Crippen LogP contribution in [0.4, 0.5) is 10.1 Å². The number of anilines is 1. The van der Waals surface area contributed by atoms with Crippen LogP contribution >= 0.6 is 0 Å². The van der Waals surface area contributed by atoms with Crippen LogP contribution in [0.5, 0.6) is 0 Å². The summed E-state index contributed by atoms with van der Waals surface area (Å²) >= 11 is 0. The second-order valence-corrected chi connectivity index (χ2v) is 6.45. The highest BCUT2D eigenvalue weighted by molar-refractivity contribution is 7.92. The van der Waals surface area contributed by atoms with Gasteiger partial charge in [0.15, 0.2) is 0 Å². The third-order valence-electron chi connectivity index (χ3n) is 2.88. The van der Waals surface area contributed by atoms with Gasteiger partial charge >= 0.3 is 0 Å². The number of nitrogens with one attached hydrogen (secondary N) is 3. The van der Waals surface area contributed by atoms with E-state index in [2.05, 4.69) is 15.6 Å². The lowest BCUT2D eigenvalue weighted by atomic mass is 10.2. The zero-order valence-corrected chi connectivity index (χ0v) is 13.4. The standard InChI is InChI=1S/C15H14FN3O4S/c1-10(20)17-18-15(21)11-2-8-14(9-3-11)24(22,23)19-13-6-4-12(16)5-7-13/h2-9,19H,1H3,(H,17,20)(H,18,21). The van der Waals surface area contributed by atoms with Crippen LogP contribution in [0.2, 0.25) is 0 Å². The molecule has 0 saturated carbocycles. The van der Waals surface area contributed by atoms with Gasteiger partial charge in [-0.3, -0.25) is 25.2 Å². The number of carbonyl (C=O) groups is 2. The van der Waals surface area contributed by atoms with E-state index in [1.54, 1.807) is 0 Å². The fraction of sp³-hybridized carbons (Fsp3) is 0.0667. The predicted molar refractivity (Wildman–Crippen MR) is 84.9 cm³/mol. The van der Waals surface area contributed by atoms with Crippen LogP contribution in [0.1, 0.15) is 17.3 Å². The lowest BCUT2D eigenvalue weighted by molar-refractivity contribution is -0.119. The molecule has 9 heteroatoms. The van der Waals surface area contributed by atoms with Crippen molar-refractivity contribution in [2.45, 2.75) is 11.8 Å². The first-order valence-electron chi connectivity index (χ1n) is 6.73. The van der Waals surface area contributed by atoms with Crippen LogP contribution < -0.4 is 15.6 Å². The predicted octanol–water partition coefficient (Wildman–Crippen LogP) is 1.41. The van der Waals surface area contributed by atoms with Crippen LogP contribution in [0.25, 0.3) is 0 Å². The van der Waals surface area contributed by atoms with Crippen LogP contribution in [0.15, 0.2) is 53.4 Å². The third kappa shape index (κ3) is 4.53. The second kappa shape index (κ2) is 7.09. The molecule has 2 amide bonds. The Balaban J connectivity index is 2.12. The molecule has 0 aliphatic carbocycles. The monoisotopic (exact) mass is 351 g/mol. The van der Waals surface area contributed by atoms with E-state index < -0.39 is 27.7 Å². The molecular formula is C15H14FN3O4S. The maximum absolute atomic E-state index is 12.8. The van der Waals surface area contributed by atoms with Crippen molar-refractivity contribution in [2.75, 3.05) is 4.72 Å². The zero-order valence-electron chi connectivity index (χ0n) is 12.5. The van der Waals surface area contributed by atoms with Gasteiger partial charge in [-0.05, 0) is 48.5 Å². The number of benzene rings is 2. The SMILES string of the molecule is CC(=O)NNC(=O)c1ccc(S(=O)(=O)Nc2ccc(F)cc2)cc1. The molecule has 0 radical (unpaired) electrons. The first-order chi connectivity index (χ1) is 11.3. The quantitative estimate of drug-likeness (QED) is 0.724. The Bertz CT molecular complexity index is 849. The molecule has 0 atom stereocenters. The molecule has 0 spiro atoms. The number of hydrazine groups is 1. The van der Waals surface area contributed by atoms with Gasteiger partial charge in [-0.1, -0.05) is 0 Å². The van der Waals surface area contributed by atoms with Crippen molar-refractivity contribution in [3.05, 3.63) is 59.9 Å². The molecule has 0 aliphatic heterocycles. The molecule has 2 aromatic carbocycles. The Hall–Kier alpha value is -2.94. The summed E-state index contributed by atoms with van der Waals surface area (Å²) in [5, 5.41) is 0. The van der Waals surface area contributed by atoms with Gasteiger partial charge in [0.25, 0.3) is 15.9 Å². The van der Waals surface area contributed by atoms with Crippen molar-refractivity contribution < 1.29 is 22.4 Å². The summed E-state index contributed by atoms with van der Waals surface area (Å²) in [7, 11) is -3.87. The van der Waals surface area contributed by atoms with Gasteiger partial charge in [-0.2, -0.15) is 0 Å². The van der Waals surface area contributed by atoms with Crippen LogP contribution in [0.3, 0.4) is 0 Å². The summed E-state index contributed by atoms with van der Waals surface area (Å²) in [5.41, 5.74) is 4.67. The summed E-state index contributed by atoms with van der Waals surface area (Å²) in [6.07, 6.45) is 0. The van der Waals surface area contributed by atoms with E-state index in [9.17, 15) is 22.4 Å². The molecule has 3 N–H and O–H groups in total. The number of hydrogen-bond acceptors (Lipinski definition) is 4. The molecule has 24 heavy (non-hydrogen) atoms. The number of sulfonamides is 1. The molecule has 0 saturated heterocycles. The van der Waals surface area contributed by atoms with E-state index in [1.807, 2.05) is 0 Å². The van der Waals surface area contributed by atoms with Crippen LogP contribution in [-0.4, -0.2) is 20.2 Å². The van der Waals surface area contributed by atoms with Gasteiger partial charge in [0.05, 0.1) is 4.90 Å². The average molecular weight is 351 g/mol. The largest absolute Gasteiger partial charge is 0.280 e. The number of amides is 2. The normalized spacial score (nSPS) is 10.8. The van der Waals surface area contributed by atoms with E-state index in [4.69, 9.17) is 0 Å². The van der Waals surface area contributed by atoms with Crippen molar-refractivity contribution in [1.29, 1.82) is 0 Å². The Morgan fingerprint density at radius 3 is 2.04 bits per heavy atom. The van der Waals surface area contributed by atoms with Gasteiger partial charge in [0.1, 0.15) is 5.82 Å². The van der Waals surface area contributed by atoms with Gasteiger partial charge in [-0.15, -0.1) is 0 Å². The van der Waals surface area contributed by atoms with E-state index in [-0.39, 0.29) is 16.1 Å². The van der Waals surface area contributed by atoms with Crippen LogP contribution in [0, 0.1) is 5.82 Å². The Kier molecular flexibility index (Phi) is 5.14. The maximum atomic E-state index is 12.8. The molecule has 2 rings (SSSR count). The summed E-state index contributed by atoms with van der Waals surface area (Å²) in [6.45, 7) is 1.23. The summed E-state index contributed by atoms with van der Waals surface area (Å²) < 4.78 is 39.6. The molecule has 0 aliphatic rings. The minimum absolute atomic E-state index is 0.0668. The third-order valence-corrected chi connectivity index (χ3v) is 4.27. The van der Waals surface area contributed by atoms with E-state index in [0.29, 0.717) is 0 Å². The first-order valence-corrected chi connectivity index (χ1v) is 8.21. The maximum Gasteiger partial charge on any atom is 0.269 e. The fourth-order valence-corrected chi connectivity index (χ4v) is 2.79. The van der Waals surface area contributed by atoms with Gasteiger partial charge in [0, 0.05) is 18.2 Å². The Labute approximate surface area is 137 Å². The zero-order chi connectivity index (χ0) is 17.7. The van der Waals surface area contributed by atoms with Gasteiger partial charge in [-0.25, -0.2) is 12.8 Å². The molecule has 0 bridgehead atoms. The molecular weight excluding hydrogens is 337 g/mol. The molecule has 0 fully saturated rings. The van der Waals surface area contributed by atoms with Crippen molar-refractivity contribution in [3.63, 3.8) is 0 Å². The Morgan fingerprint density at radius 1 is 0.917 bits per heavy atom. The topological polar surface area (TPSA) is 104 Å². The molecule has 0 unspecified atom stereocenters. The van der Waals surface area contributed by atoms with E-state index in [0.717, 1.165) is 12.1 Å². The Morgan fingerprint density at radius 2 is 1.50 bits per heavy atom.